The van der Waals surface area contributed by atoms with Gasteiger partial charge in [0.15, 0.2) is 6.61 Å². The number of carbonyl (C=O) groups is 1. The standard InChI is InChI=1S/C30H29N5O3/c36-29-21-38-28-10-9-24(20-27(28)35(29)14-13-34-15-17-37-18-16-34)26-11-12-31-30(33-26)32-25-8-4-7-23(19-25)22-5-2-1-3-6-22/h1-12,19-20H,13-18,21H2,(H,31,32,33). The predicted octanol–water partition coefficient (Wildman–Crippen LogP) is 4.61. The maximum absolute atomic E-state index is 12.8. The molecule has 3 heterocycles. The molecule has 0 radical (unpaired) electrons. The summed E-state index contributed by atoms with van der Waals surface area (Å²) < 4.78 is 11.2. The maximum Gasteiger partial charge on any atom is 0.265 e. The van der Waals surface area contributed by atoms with Gasteiger partial charge in [0, 0.05) is 43.6 Å². The average Bonchev–Trinajstić information content (AvgIpc) is 2.98. The fourth-order valence-corrected chi connectivity index (χ4v) is 4.79. The number of hydrogen-bond acceptors (Lipinski definition) is 7. The second-order valence-corrected chi connectivity index (χ2v) is 9.31. The number of morpholine rings is 1. The van der Waals surface area contributed by atoms with Crippen molar-refractivity contribution in [3.05, 3.63) is 85.1 Å². The van der Waals surface area contributed by atoms with E-state index in [1.807, 2.05) is 59.5 Å². The number of aromatic nitrogens is 2. The highest BCUT2D eigenvalue weighted by Crippen LogP contribution is 2.36. The van der Waals surface area contributed by atoms with Crippen LogP contribution in [0.3, 0.4) is 0 Å². The van der Waals surface area contributed by atoms with Crippen molar-refractivity contribution >= 4 is 23.2 Å². The zero-order valence-corrected chi connectivity index (χ0v) is 21.0. The molecular weight excluding hydrogens is 478 g/mol. The minimum absolute atomic E-state index is 0.0359. The molecule has 4 aromatic rings. The first kappa shape index (κ1) is 24.1. The molecule has 8 nitrogen and oxygen atoms in total. The van der Waals surface area contributed by atoms with Crippen LogP contribution in [-0.4, -0.2) is 66.8 Å². The SMILES string of the molecule is O=C1COc2ccc(-c3ccnc(Nc4cccc(-c5ccccc5)c4)n3)cc2N1CCN1CCOCC1. The second-order valence-electron chi connectivity index (χ2n) is 9.31. The smallest absolute Gasteiger partial charge is 0.265 e. The summed E-state index contributed by atoms with van der Waals surface area (Å²) in [6.07, 6.45) is 1.74. The lowest BCUT2D eigenvalue weighted by Gasteiger charge is -2.33. The molecule has 0 atom stereocenters. The van der Waals surface area contributed by atoms with Gasteiger partial charge in [0.05, 0.1) is 24.6 Å². The fraction of sp³-hybridized carbons (Fsp3) is 0.233. The number of benzene rings is 3. The van der Waals surface area contributed by atoms with Crippen LogP contribution in [0.25, 0.3) is 22.4 Å². The van der Waals surface area contributed by atoms with Crippen molar-refractivity contribution < 1.29 is 14.3 Å². The summed E-state index contributed by atoms with van der Waals surface area (Å²) >= 11 is 0. The van der Waals surface area contributed by atoms with Gasteiger partial charge in [-0.3, -0.25) is 9.69 Å². The van der Waals surface area contributed by atoms with Crippen LogP contribution >= 0.6 is 0 Å². The van der Waals surface area contributed by atoms with Crippen molar-refractivity contribution in [1.29, 1.82) is 0 Å². The molecule has 192 valence electrons. The van der Waals surface area contributed by atoms with Crippen LogP contribution < -0.4 is 15.0 Å². The fourth-order valence-electron chi connectivity index (χ4n) is 4.79. The Morgan fingerprint density at radius 1 is 0.842 bits per heavy atom. The van der Waals surface area contributed by atoms with Crippen molar-refractivity contribution in [2.24, 2.45) is 0 Å². The maximum atomic E-state index is 12.8. The number of rotatable bonds is 7. The van der Waals surface area contributed by atoms with Gasteiger partial charge in [-0.1, -0.05) is 42.5 Å². The largest absolute Gasteiger partial charge is 0.482 e. The third-order valence-corrected chi connectivity index (χ3v) is 6.82. The van der Waals surface area contributed by atoms with E-state index in [4.69, 9.17) is 14.5 Å². The molecule has 38 heavy (non-hydrogen) atoms. The summed E-state index contributed by atoms with van der Waals surface area (Å²) in [5.74, 6) is 1.17. The molecule has 0 aliphatic carbocycles. The second kappa shape index (κ2) is 11.0. The highest BCUT2D eigenvalue weighted by molar-refractivity contribution is 5.98. The molecule has 2 aliphatic heterocycles. The lowest BCUT2D eigenvalue weighted by atomic mass is 10.1. The van der Waals surface area contributed by atoms with Gasteiger partial charge in [-0.05, 0) is 47.5 Å². The van der Waals surface area contributed by atoms with Crippen LogP contribution in [0.4, 0.5) is 17.3 Å². The molecule has 1 fully saturated rings. The zero-order chi connectivity index (χ0) is 25.7. The number of fused-ring (bicyclic) bond motifs is 1. The van der Waals surface area contributed by atoms with Gasteiger partial charge in [-0.25, -0.2) is 9.97 Å². The van der Waals surface area contributed by atoms with Crippen LogP contribution in [0, 0.1) is 0 Å². The summed E-state index contributed by atoms with van der Waals surface area (Å²) in [5, 5.41) is 3.33. The molecule has 6 rings (SSSR count). The predicted molar refractivity (Wildman–Crippen MR) is 148 cm³/mol. The zero-order valence-electron chi connectivity index (χ0n) is 21.0. The van der Waals surface area contributed by atoms with E-state index < -0.39 is 0 Å². The molecule has 0 saturated carbocycles. The Kier molecular flexibility index (Phi) is 6.97. The molecule has 2 aliphatic rings. The van der Waals surface area contributed by atoms with E-state index in [2.05, 4.69) is 39.5 Å². The normalized spacial score (nSPS) is 15.6. The number of amides is 1. The Hall–Kier alpha value is -4.27. The number of carbonyl (C=O) groups excluding carboxylic acids is 1. The minimum atomic E-state index is -0.0359. The van der Waals surface area contributed by atoms with Crippen molar-refractivity contribution in [1.82, 2.24) is 14.9 Å². The van der Waals surface area contributed by atoms with Gasteiger partial charge in [-0.2, -0.15) is 0 Å². The van der Waals surface area contributed by atoms with E-state index in [1.54, 1.807) is 6.20 Å². The van der Waals surface area contributed by atoms with E-state index >= 15 is 0 Å². The van der Waals surface area contributed by atoms with Crippen LogP contribution in [0.2, 0.25) is 0 Å². The van der Waals surface area contributed by atoms with Crippen LogP contribution in [0.5, 0.6) is 5.75 Å². The quantitative estimate of drug-likeness (QED) is 0.391. The Balaban J connectivity index is 1.22. The molecule has 0 unspecified atom stereocenters. The lowest BCUT2D eigenvalue weighted by Crippen LogP contribution is -2.45. The molecule has 1 N–H and O–H groups in total. The van der Waals surface area contributed by atoms with E-state index in [1.165, 1.54) is 0 Å². The van der Waals surface area contributed by atoms with Gasteiger partial charge in [0.25, 0.3) is 5.91 Å². The Morgan fingerprint density at radius 3 is 2.55 bits per heavy atom. The Bertz CT molecular complexity index is 1420. The molecule has 8 heteroatoms. The van der Waals surface area contributed by atoms with Crippen LogP contribution in [-0.2, 0) is 9.53 Å². The summed E-state index contributed by atoms with van der Waals surface area (Å²) in [7, 11) is 0. The van der Waals surface area contributed by atoms with Gasteiger partial charge in [0.2, 0.25) is 5.95 Å². The van der Waals surface area contributed by atoms with E-state index in [0.29, 0.717) is 18.2 Å². The molecule has 1 saturated heterocycles. The topological polar surface area (TPSA) is 79.8 Å². The van der Waals surface area contributed by atoms with E-state index in [-0.39, 0.29) is 12.5 Å². The van der Waals surface area contributed by atoms with Crippen molar-refractivity contribution in [3.8, 4) is 28.1 Å². The molecular formula is C30H29N5O3. The van der Waals surface area contributed by atoms with Gasteiger partial charge in [0.1, 0.15) is 5.75 Å². The van der Waals surface area contributed by atoms with Crippen molar-refractivity contribution in [2.45, 2.75) is 0 Å². The summed E-state index contributed by atoms with van der Waals surface area (Å²) in [6.45, 7) is 4.69. The minimum Gasteiger partial charge on any atom is -0.482 e. The molecule has 1 amide bonds. The number of hydrogen-bond donors (Lipinski definition) is 1. The first-order valence-corrected chi connectivity index (χ1v) is 12.9. The number of ether oxygens (including phenoxy) is 2. The summed E-state index contributed by atoms with van der Waals surface area (Å²) in [6, 6.07) is 26.2. The van der Waals surface area contributed by atoms with Gasteiger partial charge >= 0.3 is 0 Å². The molecule has 0 spiro atoms. The monoisotopic (exact) mass is 507 g/mol. The average molecular weight is 508 g/mol. The number of nitrogens with zero attached hydrogens (tertiary/aromatic N) is 4. The van der Waals surface area contributed by atoms with Crippen molar-refractivity contribution in [2.75, 3.05) is 56.2 Å². The van der Waals surface area contributed by atoms with Crippen LogP contribution in [0.1, 0.15) is 0 Å². The van der Waals surface area contributed by atoms with E-state index in [0.717, 1.165) is 66.6 Å². The first-order valence-electron chi connectivity index (χ1n) is 12.9. The Morgan fingerprint density at radius 2 is 1.68 bits per heavy atom. The highest BCUT2D eigenvalue weighted by atomic mass is 16.5. The molecule has 1 aromatic heterocycles. The lowest BCUT2D eigenvalue weighted by molar-refractivity contribution is -0.121. The molecule has 0 bridgehead atoms. The Labute approximate surface area is 221 Å². The summed E-state index contributed by atoms with van der Waals surface area (Å²) in [4.78, 5) is 26.1. The number of anilines is 3. The van der Waals surface area contributed by atoms with Gasteiger partial charge < -0.3 is 19.7 Å². The third-order valence-electron chi connectivity index (χ3n) is 6.82. The van der Waals surface area contributed by atoms with Gasteiger partial charge in [-0.15, -0.1) is 0 Å². The molecule has 3 aromatic carbocycles. The highest BCUT2D eigenvalue weighted by Gasteiger charge is 2.27. The number of nitrogens with one attached hydrogen (secondary N) is 1. The van der Waals surface area contributed by atoms with E-state index in [9.17, 15) is 4.79 Å². The first-order chi connectivity index (χ1) is 18.7. The third kappa shape index (κ3) is 5.37. The summed E-state index contributed by atoms with van der Waals surface area (Å²) in [5.41, 5.74) is 5.59. The van der Waals surface area contributed by atoms with Crippen molar-refractivity contribution in [3.63, 3.8) is 0 Å². The van der Waals surface area contributed by atoms with Crippen LogP contribution in [0.15, 0.2) is 85.1 Å².